The van der Waals surface area contributed by atoms with Crippen molar-refractivity contribution >= 4 is 42.4 Å². The van der Waals surface area contributed by atoms with Gasteiger partial charge in [0.05, 0.1) is 26.4 Å². The molecule has 0 bridgehead atoms. The maximum atomic E-state index is 12.6. The van der Waals surface area contributed by atoms with Gasteiger partial charge in [0, 0.05) is 39.3 Å². The van der Waals surface area contributed by atoms with E-state index in [1.54, 1.807) is 36.5 Å². The number of nitrogens with zero attached hydrogens (tertiary/aromatic N) is 3. The van der Waals surface area contributed by atoms with Crippen molar-refractivity contribution in [1.29, 1.82) is 0 Å². The van der Waals surface area contributed by atoms with E-state index in [0.717, 1.165) is 43.4 Å². The number of rotatable bonds is 7. The van der Waals surface area contributed by atoms with E-state index in [9.17, 15) is 13.2 Å². The van der Waals surface area contributed by atoms with Gasteiger partial charge in [0.1, 0.15) is 0 Å². The molecule has 2 aromatic carbocycles. The summed E-state index contributed by atoms with van der Waals surface area (Å²) in [6, 6.07) is 12.7. The van der Waals surface area contributed by atoms with Gasteiger partial charge in [-0.3, -0.25) is 9.69 Å². The lowest BCUT2D eigenvalue weighted by Crippen LogP contribution is -2.48. The van der Waals surface area contributed by atoms with E-state index in [-0.39, 0.29) is 22.1 Å². The van der Waals surface area contributed by atoms with E-state index in [1.165, 1.54) is 16.3 Å². The zero-order valence-corrected chi connectivity index (χ0v) is 20.0. The zero-order chi connectivity index (χ0) is 22.7. The quantitative estimate of drug-likeness (QED) is 0.569. The number of hydrogen-bond donors (Lipinski definition) is 1. The molecule has 0 unspecified atom stereocenters. The number of sulfone groups is 1. The third-order valence-electron chi connectivity index (χ3n) is 5.81. The number of aryl methyl sites for hydroxylation is 1. The predicted octanol–water partition coefficient (Wildman–Crippen LogP) is 2.95. The van der Waals surface area contributed by atoms with Crippen LogP contribution in [0.3, 0.4) is 0 Å². The van der Waals surface area contributed by atoms with Crippen LogP contribution in [0.5, 0.6) is 0 Å². The molecule has 7 nitrogen and oxygen atoms in total. The first-order valence-corrected chi connectivity index (χ1v) is 13.3. The summed E-state index contributed by atoms with van der Waals surface area (Å²) in [4.78, 5) is 22.2. The van der Waals surface area contributed by atoms with E-state index < -0.39 is 9.84 Å². The van der Waals surface area contributed by atoms with Crippen LogP contribution in [0.15, 0.2) is 47.4 Å². The number of fused-ring (bicyclic) bond motifs is 1. The number of thiazole rings is 1. The number of hydrogen-bond acceptors (Lipinski definition) is 7. The third-order valence-corrected chi connectivity index (χ3v) is 8.68. The van der Waals surface area contributed by atoms with Crippen LogP contribution in [0.25, 0.3) is 10.2 Å². The van der Waals surface area contributed by atoms with E-state index >= 15 is 0 Å². The fourth-order valence-corrected chi connectivity index (χ4v) is 6.06. The molecule has 1 amide bonds. The van der Waals surface area contributed by atoms with Gasteiger partial charge >= 0.3 is 0 Å². The molecule has 1 fully saturated rings. The number of para-hydroxylation sites is 1. The molecule has 1 aliphatic heterocycles. The molecule has 1 saturated heterocycles. The molecule has 0 spiro atoms. The smallest absolute Gasteiger partial charge is 0.252 e. The number of piperazine rings is 1. The summed E-state index contributed by atoms with van der Waals surface area (Å²) < 4.78 is 25.8. The van der Waals surface area contributed by atoms with Gasteiger partial charge < -0.3 is 10.2 Å². The molecule has 1 aromatic heterocycles. The molecular formula is C23H28N4O3S2. The van der Waals surface area contributed by atoms with Gasteiger partial charge in [0.25, 0.3) is 5.91 Å². The molecule has 9 heteroatoms. The minimum Gasteiger partial charge on any atom is -0.351 e. The largest absolute Gasteiger partial charge is 0.351 e. The molecular weight excluding hydrogens is 444 g/mol. The van der Waals surface area contributed by atoms with Crippen LogP contribution in [0.4, 0.5) is 5.13 Å². The van der Waals surface area contributed by atoms with Crippen molar-refractivity contribution in [3.05, 3.63) is 53.6 Å². The monoisotopic (exact) mass is 472 g/mol. The van der Waals surface area contributed by atoms with Crippen LogP contribution in [-0.4, -0.2) is 69.2 Å². The Bertz CT molecular complexity index is 1210. The lowest BCUT2D eigenvalue weighted by Gasteiger charge is -2.34. The fourth-order valence-electron chi connectivity index (χ4n) is 3.88. The van der Waals surface area contributed by atoms with Gasteiger partial charge in [0.15, 0.2) is 15.0 Å². The first-order chi connectivity index (χ1) is 15.4. The van der Waals surface area contributed by atoms with Crippen molar-refractivity contribution in [3.8, 4) is 0 Å². The Balaban J connectivity index is 1.29. The van der Waals surface area contributed by atoms with E-state index in [1.807, 2.05) is 0 Å². The third kappa shape index (κ3) is 4.79. The molecule has 3 aromatic rings. The van der Waals surface area contributed by atoms with Crippen LogP contribution in [-0.2, 0) is 9.84 Å². The average Bonchev–Trinajstić information content (AvgIpc) is 3.25. The number of aromatic nitrogens is 1. The van der Waals surface area contributed by atoms with Crippen molar-refractivity contribution in [1.82, 2.24) is 15.2 Å². The molecule has 170 valence electrons. The molecule has 32 heavy (non-hydrogen) atoms. The van der Waals surface area contributed by atoms with Crippen molar-refractivity contribution in [2.75, 3.05) is 49.9 Å². The van der Waals surface area contributed by atoms with Crippen LogP contribution in [0.1, 0.15) is 22.8 Å². The number of anilines is 1. The van der Waals surface area contributed by atoms with Gasteiger partial charge in [0.2, 0.25) is 0 Å². The summed E-state index contributed by atoms with van der Waals surface area (Å²) in [5.74, 6) is -0.378. The average molecular weight is 473 g/mol. The van der Waals surface area contributed by atoms with Gasteiger partial charge in [-0.1, -0.05) is 42.5 Å². The Hall–Kier alpha value is -2.49. The van der Waals surface area contributed by atoms with Crippen LogP contribution < -0.4 is 10.2 Å². The Morgan fingerprint density at radius 1 is 1.09 bits per heavy atom. The summed E-state index contributed by atoms with van der Waals surface area (Å²) in [7, 11) is -3.45. The van der Waals surface area contributed by atoms with Crippen LogP contribution in [0.2, 0.25) is 0 Å². The maximum absolute atomic E-state index is 12.6. The van der Waals surface area contributed by atoms with Gasteiger partial charge in [-0.25, -0.2) is 13.4 Å². The molecule has 4 rings (SSSR count). The molecule has 2 heterocycles. The zero-order valence-electron chi connectivity index (χ0n) is 18.4. The Morgan fingerprint density at radius 2 is 1.84 bits per heavy atom. The van der Waals surface area contributed by atoms with E-state index in [4.69, 9.17) is 4.98 Å². The number of benzene rings is 2. The lowest BCUT2D eigenvalue weighted by atomic mass is 10.2. The summed E-state index contributed by atoms with van der Waals surface area (Å²) >= 11 is 1.73. The van der Waals surface area contributed by atoms with Gasteiger partial charge in [-0.15, -0.1) is 0 Å². The standard InChI is InChI=1S/C23H28N4O3S2/c1-3-32(29,30)20-10-5-4-8-18(20)22(28)24-11-12-26-13-15-27(16-14-26)23-25-21-17(2)7-6-9-19(21)31-23/h4-10H,3,11-16H2,1-2H3,(H,24,28). The summed E-state index contributed by atoms with van der Waals surface area (Å²) in [6.07, 6.45) is 0. The van der Waals surface area contributed by atoms with Gasteiger partial charge in [-0.05, 0) is 30.7 Å². The molecule has 1 aliphatic rings. The second-order valence-corrected chi connectivity index (χ2v) is 11.2. The summed E-state index contributed by atoms with van der Waals surface area (Å²) in [5, 5.41) is 3.95. The molecule has 0 saturated carbocycles. The van der Waals surface area contributed by atoms with Crippen molar-refractivity contribution < 1.29 is 13.2 Å². The fraction of sp³-hybridized carbons (Fsp3) is 0.391. The minimum atomic E-state index is -3.45. The molecule has 0 atom stereocenters. The highest BCUT2D eigenvalue weighted by molar-refractivity contribution is 7.91. The minimum absolute atomic E-state index is 0.0319. The topological polar surface area (TPSA) is 82.6 Å². The SMILES string of the molecule is CCS(=O)(=O)c1ccccc1C(=O)NCCN1CCN(c2nc3c(C)cccc3s2)CC1. The second-order valence-electron chi connectivity index (χ2n) is 7.90. The highest BCUT2D eigenvalue weighted by Crippen LogP contribution is 2.30. The first-order valence-electron chi connectivity index (χ1n) is 10.8. The maximum Gasteiger partial charge on any atom is 0.252 e. The van der Waals surface area contributed by atoms with Crippen molar-refractivity contribution in [3.63, 3.8) is 0 Å². The number of amides is 1. The second kappa shape index (κ2) is 9.56. The predicted molar refractivity (Wildman–Crippen MR) is 130 cm³/mol. The highest BCUT2D eigenvalue weighted by atomic mass is 32.2. The van der Waals surface area contributed by atoms with Gasteiger partial charge in [-0.2, -0.15) is 0 Å². The molecule has 0 aliphatic carbocycles. The summed E-state index contributed by atoms with van der Waals surface area (Å²) in [5.41, 5.74) is 2.50. The Morgan fingerprint density at radius 3 is 2.56 bits per heavy atom. The highest BCUT2D eigenvalue weighted by Gasteiger charge is 2.22. The molecule has 0 radical (unpaired) electrons. The van der Waals surface area contributed by atoms with E-state index in [0.29, 0.717) is 6.54 Å². The Labute approximate surface area is 193 Å². The van der Waals surface area contributed by atoms with Crippen molar-refractivity contribution in [2.45, 2.75) is 18.7 Å². The van der Waals surface area contributed by atoms with Crippen LogP contribution in [0, 0.1) is 6.92 Å². The molecule has 1 N–H and O–H groups in total. The van der Waals surface area contributed by atoms with Crippen molar-refractivity contribution in [2.24, 2.45) is 0 Å². The van der Waals surface area contributed by atoms with Crippen LogP contribution >= 0.6 is 11.3 Å². The lowest BCUT2D eigenvalue weighted by molar-refractivity contribution is 0.0944. The Kier molecular flexibility index (Phi) is 6.78. The first kappa shape index (κ1) is 22.7. The summed E-state index contributed by atoms with van der Waals surface area (Å²) in [6.45, 7) is 8.44. The van der Waals surface area contributed by atoms with E-state index in [2.05, 4.69) is 40.2 Å². The number of carbonyl (C=O) groups is 1. The number of carbonyl (C=O) groups excluding carboxylic acids is 1. The normalized spacial score (nSPS) is 15.2. The number of nitrogens with one attached hydrogen (secondary N) is 1.